The van der Waals surface area contributed by atoms with E-state index in [-0.39, 0.29) is 57.6 Å². The summed E-state index contributed by atoms with van der Waals surface area (Å²) in [7, 11) is 0. The van der Waals surface area contributed by atoms with E-state index in [4.69, 9.17) is 11.5 Å². The lowest BCUT2D eigenvalue weighted by molar-refractivity contribution is -0.134. The quantitative estimate of drug-likeness (QED) is 0.128. The summed E-state index contributed by atoms with van der Waals surface area (Å²) in [4.78, 5) is 76.5. The molecule has 0 radical (unpaired) electrons. The number of urea groups is 2. The van der Waals surface area contributed by atoms with E-state index in [2.05, 4.69) is 37.2 Å². The normalized spacial score (nSPS) is 19.9. The molecule has 0 aliphatic carbocycles. The number of hydrogen-bond acceptors (Lipinski definition) is 8. The zero-order valence-corrected chi connectivity index (χ0v) is 25.2. The Bertz CT molecular complexity index is 1360. The number of phenolic OH excluding ortho intramolecular Hbond substituents is 1. The molecule has 16 nitrogen and oxygen atoms in total. The lowest BCUT2D eigenvalue weighted by Crippen LogP contribution is -2.60. The highest BCUT2D eigenvalue weighted by molar-refractivity contribution is 5.95. The van der Waals surface area contributed by atoms with Crippen LogP contribution in [0.15, 0.2) is 54.6 Å². The number of benzene rings is 2. The lowest BCUT2D eigenvalue weighted by atomic mass is 10.0. The van der Waals surface area contributed by atoms with Crippen LogP contribution in [-0.4, -0.2) is 91.1 Å². The minimum absolute atomic E-state index is 0.000773. The molecule has 0 aromatic heterocycles. The van der Waals surface area contributed by atoms with Crippen LogP contribution in [0.4, 0.5) is 9.59 Å². The van der Waals surface area contributed by atoms with Crippen LogP contribution in [0.5, 0.6) is 5.75 Å². The van der Waals surface area contributed by atoms with Crippen molar-refractivity contribution in [1.29, 1.82) is 0 Å². The van der Waals surface area contributed by atoms with Gasteiger partial charge in [0.05, 0.1) is 6.04 Å². The molecule has 1 saturated heterocycles. The number of amides is 8. The summed E-state index contributed by atoms with van der Waals surface area (Å²) in [5, 5.41) is 27.5. The van der Waals surface area contributed by atoms with Gasteiger partial charge in [-0.2, -0.15) is 0 Å². The molecule has 1 heterocycles. The average molecular weight is 640 g/mol. The van der Waals surface area contributed by atoms with Gasteiger partial charge in [0.15, 0.2) is 0 Å². The highest BCUT2D eigenvalue weighted by Gasteiger charge is 2.31. The number of carbonyl (C=O) groups is 6. The fourth-order valence-electron chi connectivity index (χ4n) is 4.60. The Kier molecular flexibility index (Phi) is 13.6. The second kappa shape index (κ2) is 17.8. The van der Waals surface area contributed by atoms with Crippen LogP contribution in [0.1, 0.15) is 24.0 Å². The first-order valence-electron chi connectivity index (χ1n) is 14.8. The van der Waals surface area contributed by atoms with E-state index in [1.807, 2.05) is 0 Å². The monoisotopic (exact) mass is 639 g/mol. The summed E-state index contributed by atoms with van der Waals surface area (Å²) in [6.07, 6.45) is 0.604. The maximum absolute atomic E-state index is 13.6. The average Bonchev–Trinajstić information content (AvgIpc) is 3.03. The Morgan fingerprint density at radius 3 is 2.28 bits per heavy atom. The van der Waals surface area contributed by atoms with Gasteiger partial charge in [-0.1, -0.05) is 42.5 Å². The van der Waals surface area contributed by atoms with Gasteiger partial charge in [-0.15, -0.1) is 0 Å². The van der Waals surface area contributed by atoms with E-state index < -0.39 is 59.9 Å². The number of carbonyl (C=O) groups excluding carboxylic acids is 6. The molecule has 1 aliphatic rings. The smallest absolute Gasteiger partial charge is 0.314 e. The van der Waals surface area contributed by atoms with Crippen LogP contribution in [0.2, 0.25) is 0 Å². The lowest BCUT2D eigenvalue weighted by Gasteiger charge is -2.27. The Morgan fingerprint density at radius 2 is 1.59 bits per heavy atom. The molecule has 8 amide bonds. The number of hydrogen-bond donors (Lipinski definition) is 10. The third-order valence-corrected chi connectivity index (χ3v) is 7.06. The number of nitrogens with two attached hydrogens (primary N) is 2. The van der Waals surface area contributed by atoms with Crippen LogP contribution in [0.25, 0.3) is 0 Å². The van der Waals surface area contributed by atoms with Crippen molar-refractivity contribution < 1.29 is 33.9 Å². The molecule has 1 aliphatic heterocycles. The molecule has 3 rings (SSSR count). The topological polar surface area (TPSA) is 259 Å². The van der Waals surface area contributed by atoms with E-state index in [1.54, 1.807) is 42.5 Å². The van der Waals surface area contributed by atoms with E-state index in [1.165, 1.54) is 12.1 Å². The molecule has 0 unspecified atom stereocenters. The largest absolute Gasteiger partial charge is 0.508 e. The van der Waals surface area contributed by atoms with E-state index >= 15 is 0 Å². The van der Waals surface area contributed by atoms with E-state index in [9.17, 15) is 33.9 Å². The Balaban J connectivity index is 1.79. The maximum atomic E-state index is 13.6. The summed E-state index contributed by atoms with van der Waals surface area (Å²) in [5.41, 5.74) is 12.6. The number of phenols is 1. The number of rotatable bonds is 10. The number of nitrogens with one attached hydrogen (secondary N) is 7. The van der Waals surface area contributed by atoms with Gasteiger partial charge in [0, 0.05) is 32.6 Å². The zero-order chi connectivity index (χ0) is 33.5. The molecule has 2 aromatic rings. The molecule has 0 bridgehead atoms. The van der Waals surface area contributed by atoms with Crippen LogP contribution >= 0.6 is 0 Å². The second-order valence-electron chi connectivity index (χ2n) is 10.7. The highest BCUT2D eigenvalue weighted by Crippen LogP contribution is 2.11. The Hall–Kier alpha value is -5.38. The second-order valence-corrected chi connectivity index (χ2v) is 10.7. The standard InChI is InChI=1S/C30H41N9O7/c31-21(15-19-8-10-20(40)11-9-19)25(41)37-22-7-4-12-35-30(46)36-17-24(26(42)33-13-14-34-29(32)45)39-28(44)23(38-27(22)43)16-18-5-2-1-3-6-18/h1-3,5-6,8-11,21-24,40H,4,7,12-17,31H2,(H,33,42)(H,37,41)(H,38,43)(H,39,44)(H3,32,34,45)(H2,35,36,46)/t21-,22+,23-,24-/m0/s1. The van der Waals surface area contributed by atoms with Crippen LogP contribution < -0.4 is 48.7 Å². The fraction of sp³-hybridized carbons (Fsp3) is 0.400. The Labute approximate surface area is 265 Å². The maximum Gasteiger partial charge on any atom is 0.314 e. The first-order valence-corrected chi connectivity index (χ1v) is 14.8. The third kappa shape index (κ3) is 12.0. The molecule has 16 heteroatoms. The van der Waals surface area contributed by atoms with Crippen molar-refractivity contribution >= 4 is 35.7 Å². The minimum atomic E-state index is -1.24. The van der Waals surface area contributed by atoms with Crippen molar-refractivity contribution in [3.8, 4) is 5.75 Å². The van der Waals surface area contributed by atoms with Crippen molar-refractivity contribution in [3.05, 3.63) is 65.7 Å². The molecule has 4 atom stereocenters. The molecule has 12 N–H and O–H groups in total. The minimum Gasteiger partial charge on any atom is -0.508 e. The van der Waals surface area contributed by atoms with Crippen LogP contribution in [0, 0.1) is 0 Å². The molecular formula is C30H41N9O7. The van der Waals surface area contributed by atoms with Gasteiger partial charge in [-0.25, -0.2) is 9.59 Å². The van der Waals surface area contributed by atoms with E-state index in [0.717, 1.165) is 5.56 Å². The predicted octanol–water partition coefficient (Wildman–Crippen LogP) is -2.16. The van der Waals surface area contributed by atoms with Crippen molar-refractivity contribution in [2.24, 2.45) is 11.5 Å². The number of aromatic hydroxyl groups is 1. The summed E-state index contributed by atoms with van der Waals surface area (Å²) in [6.45, 7) is -0.0917. The van der Waals surface area contributed by atoms with Gasteiger partial charge in [0.1, 0.15) is 23.9 Å². The Morgan fingerprint density at radius 1 is 0.891 bits per heavy atom. The molecular weight excluding hydrogens is 598 g/mol. The van der Waals surface area contributed by atoms with Gasteiger partial charge in [0.2, 0.25) is 23.6 Å². The summed E-state index contributed by atoms with van der Waals surface area (Å²) in [5.74, 6) is -2.54. The molecule has 0 spiro atoms. The predicted molar refractivity (Wildman–Crippen MR) is 167 cm³/mol. The molecule has 0 saturated carbocycles. The van der Waals surface area contributed by atoms with Crippen molar-refractivity contribution in [3.63, 3.8) is 0 Å². The molecule has 46 heavy (non-hydrogen) atoms. The molecule has 2 aromatic carbocycles. The van der Waals surface area contributed by atoms with Crippen molar-refractivity contribution in [2.45, 2.75) is 49.9 Å². The first-order chi connectivity index (χ1) is 22.0. The molecule has 248 valence electrons. The van der Waals surface area contributed by atoms with Gasteiger partial charge in [0.25, 0.3) is 0 Å². The zero-order valence-electron chi connectivity index (χ0n) is 25.2. The summed E-state index contributed by atoms with van der Waals surface area (Å²) in [6, 6.07) is 9.19. The summed E-state index contributed by atoms with van der Waals surface area (Å²) >= 11 is 0. The third-order valence-electron chi connectivity index (χ3n) is 7.06. The van der Waals surface area contributed by atoms with E-state index in [0.29, 0.717) is 5.56 Å². The van der Waals surface area contributed by atoms with Gasteiger partial charge in [-0.3, -0.25) is 19.2 Å². The van der Waals surface area contributed by atoms with Crippen LogP contribution in [0.3, 0.4) is 0 Å². The van der Waals surface area contributed by atoms with Crippen molar-refractivity contribution in [2.75, 3.05) is 26.2 Å². The van der Waals surface area contributed by atoms with Crippen molar-refractivity contribution in [1.82, 2.24) is 37.2 Å². The van der Waals surface area contributed by atoms with Gasteiger partial charge >= 0.3 is 12.1 Å². The SMILES string of the molecule is NC(=O)NCCNC(=O)[C@@H]1CNC(=O)NCCC[C@@H](NC(=O)[C@@H](N)Cc2ccc(O)cc2)C(=O)N[C@@H](Cc2ccccc2)C(=O)N1. The van der Waals surface area contributed by atoms with Crippen LogP contribution in [-0.2, 0) is 32.0 Å². The highest BCUT2D eigenvalue weighted by atomic mass is 16.3. The summed E-state index contributed by atoms with van der Waals surface area (Å²) < 4.78 is 0. The first kappa shape index (κ1) is 35.1. The van der Waals surface area contributed by atoms with Gasteiger partial charge < -0.3 is 53.8 Å². The number of primary amides is 1. The fourth-order valence-corrected chi connectivity index (χ4v) is 4.60. The molecule has 1 fully saturated rings. The van der Waals surface area contributed by atoms with Gasteiger partial charge in [-0.05, 0) is 42.5 Å².